The molecule has 0 unspecified atom stereocenters. The van der Waals surface area contributed by atoms with Crippen LogP contribution in [0.1, 0.15) is 32.1 Å². The van der Waals surface area contributed by atoms with Crippen molar-refractivity contribution in [3.63, 3.8) is 0 Å². The molecule has 3 atom stereocenters. The fourth-order valence-corrected chi connectivity index (χ4v) is 3.39. The smallest absolute Gasteiger partial charge is 0.317 e. The van der Waals surface area contributed by atoms with Crippen LogP contribution in [-0.4, -0.2) is 52.2 Å². The molecule has 1 aromatic rings. The highest BCUT2D eigenvalue weighted by atomic mass is 35.5. The van der Waals surface area contributed by atoms with Gasteiger partial charge in [-0.1, -0.05) is 0 Å². The maximum Gasteiger partial charge on any atom is 0.317 e. The van der Waals surface area contributed by atoms with Gasteiger partial charge in [0.05, 0.1) is 12.7 Å². The van der Waals surface area contributed by atoms with E-state index >= 15 is 0 Å². The minimum absolute atomic E-state index is 0.0166. The number of carbonyl (C=O) groups is 1. The molecule has 132 valence electrons. The second-order valence-electron chi connectivity index (χ2n) is 6.32. The van der Waals surface area contributed by atoms with Gasteiger partial charge in [-0.05, 0) is 43.7 Å². The molecule has 6 nitrogen and oxygen atoms in total. The van der Waals surface area contributed by atoms with Crippen molar-refractivity contribution in [1.29, 1.82) is 0 Å². The molecule has 2 aliphatic rings. The van der Waals surface area contributed by atoms with Crippen LogP contribution in [0.5, 0.6) is 0 Å². The summed E-state index contributed by atoms with van der Waals surface area (Å²) in [6.45, 7) is 0.608. The van der Waals surface area contributed by atoms with E-state index in [0.717, 1.165) is 25.5 Å². The van der Waals surface area contributed by atoms with Gasteiger partial charge in [0.1, 0.15) is 6.17 Å². The van der Waals surface area contributed by atoms with Gasteiger partial charge in [-0.15, -0.1) is 0 Å². The third-order valence-corrected chi connectivity index (χ3v) is 4.66. The van der Waals surface area contributed by atoms with Crippen molar-refractivity contribution >= 4 is 23.4 Å². The van der Waals surface area contributed by atoms with Gasteiger partial charge in [-0.3, -0.25) is 0 Å². The molecule has 2 amide bonds. The van der Waals surface area contributed by atoms with E-state index in [-0.39, 0.29) is 35.8 Å². The van der Waals surface area contributed by atoms with E-state index in [0.29, 0.717) is 19.4 Å². The van der Waals surface area contributed by atoms with Gasteiger partial charge in [0.25, 0.3) is 0 Å². The number of halogens is 3. The number of aromatic nitrogens is 2. The molecule has 2 fully saturated rings. The summed E-state index contributed by atoms with van der Waals surface area (Å²) in [6.07, 6.45) is 3.75. The molecule has 1 saturated carbocycles. The fraction of sp³-hybridized carbons (Fsp3) is 0.667. The van der Waals surface area contributed by atoms with Gasteiger partial charge < -0.3 is 15.5 Å². The third kappa shape index (κ3) is 4.23. The highest BCUT2D eigenvalue weighted by Gasteiger charge is 2.29. The average molecular weight is 360 g/mol. The third-order valence-electron chi connectivity index (χ3n) is 4.48. The highest BCUT2D eigenvalue weighted by Crippen LogP contribution is 2.23. The predicted molar refractivity (Wildman–Crippen MR) is 86.3 cm³/mol. The Morgan fingerprint density at radius 1 is 1.33 bits per heavy atom. The molecule has 9 heteroatoms. The first-order valence-electron chi connectivity index (χ1n) is 8.15. The Balaban J connectivity index is 1.54. The number of hydrogen-bond acceptors (Lipinski definition) is 4. The van der Waals surface area contributed by atoms with Gasteiger partial charge in [0.15, 0.2) is 11.6 Å². The Kier molecular flexibility index (Phi) is 5.33. The second-order valence-corrected chi connectivity index (χ2v) is 6.66. The first-order chi connectivity index (χ1) is 11.5. The lowest BCUT2D eigenvalue weighted by atomic mass is 9.91. The minimum atomic E-state index is -0.929. The average Bonchev–Trinajstić information content (AvgIpc) is 2.98. The number of anilines is 1. The Hall–Kier alpha value is -1.70. The van der Waals surface area contributed by atoms with Crippen molar-refractivity contribution in [2.75, 3.05) is 18.4 Å². The summed E-state index contributed by atoms with van der Waals surface area (Å²) in [5.41, 5.74) is 0. The Labute approximate surface area is 144 Å². The van der Waals surface area contributed by atoms with Crippen LogP contribution < -0.4 is 10.6 Å². The molecule has 1 aromatic heterocycles. The molecular formula is C15H20ClF2N5O. The van der Waals surface area contributed by atoms with E-state index in [1.165, 1.54) is 4.90 Å². The largest absolute Gasteiger partial charge is 0.365 e. The Morgan fingerprint density at radius 2 is 2.12 bits per heavy atom. The summed E-state index contributed by atoms with van der Waals surface area (Å²) in [7, 11) is 0. The number of nitrogens with one attached hydrogen (secondary N) is 2. The lowest BCUT2D eigenvalue weighted by molar-refractivity contribution is 0.195. The Bertz CT molecular complexity index is 605. The zero-order chi connectivity index (χ0) is 17.1. The normalized spacial score (nSPS) is 27.1. The van der Waals surface area contributed by atoms with Crippen LogP contribution in [-0.2, 0) is 0 Å². The summed E-state index contributed by atoms with van der Waals surface area (Å²) in [6, 6.07) is -0.267. The van der Waals surface area contributed by atoms with E-state index in [2.05, 4.69) is 20.6 Å². The number of hydrogen-bond donors (Lipinski definition) is 2. The molecular weight excluding hydrogens is 340 g/mol. The molecule has 1 aliphatic carbocycles. The number of carbonyl (C=O) groups excluding carboxylic acids is 1. The number of rotatable bonds is 3. The molecule has 1 aliphatic heterocycles. The lowest BCUT2D eigenvalue weighted by Crippen LogP contribution is -2.47. The lowest BCUT2D eigenvalue weighted by Gasteiger charge is -2.31. The van der Waals surface area contributed by atoms with E-state index < -0.39 is 12.0 Å². The monoisotopic (exact) mass is 359 g/mol. The second kappa shape index (κ2) is 7.46. The van der Waals surface area contributed by atoms with E-state index in [1.807, 2.05) is 0 Å². The number of alkyl halides is 1. The quantitative estimate of drug-likeness (QED) is 0.814. The highest BCUT2D eigenvalue weighted by molar-refractivity contribution is 6.28. The van der Waals surface area contributed by atoms with Crippen molar-refractivity contribution in [1.82, 2.24) is 20.2 Å². The predicted octanol–water partition coefficient (Wildman–Crippen LogP) is 2.75. The van der Waals surface area contributed by atoms with Crippen LogP contribution in [0.3, 0.4) is 0 Å². The van der Waals surface area contributed by atoms with Crippen molar-refractivity contribution in [3.05, 3.63) is 17.3 Å². The zero-order valence-corrected chi connectivity index (χ0v) is 13.9. The van der Waals surface area contributed by atoms with E-state index in [1.54, 1.807) is 0 Å². The molecule has 0 bridgehead atoms. The summed E-state index contributed by atoms with van der Waals surface area (Å²) in [5.74, 6) is -0.483. The standard InChI is InChI=1S/C15H20ClF2N5O/c16-14-19-7-12(18)13(22-14)20-10-2-1-3-11(6-10)21-15(24)23-5-4-9(17)8-23/h7,9-11H,1-6,8H2,(H,21,24)(H,19,20,22)/t9-,10+,11-/m1/s1. The number of urea groups is 1. The SMILES string of the molecule is O=C(N[C@@H]1CCC[C@H](Nc2nc(Cl)ncc2F)C1)N1CC[C@@H](F)C1. The van der Waals surface area contributed by atoms with Gasteiger partial charge >= 0.3 is 6.03 Å². The van der Waals surface area contributed by atoms with Gasteiger partial charge in [-0.2, -0.15) is 4.98 Å². The van der Waals surface area contributed by atoms with Crippen molar-refractivity contribution < 1.29 is 13.6 Å². The molecule has 3 rings (SSSR count). The number of likely N-dealkylation sites (tertiary alicyclic amines) is 1. The molecule has 1 saturated heterocycles. The Morgan fingerprint density at radius 3 is 2.88 bits per heavy atom. The molecule has 2 heterocycles. The van der Waals surface area contributed by atoms with Crippen LogP contribution in [0.25, 0.3) is 0 Å². The summed E-state index contributed by atoms with van der Waals surface area (Å²) in [4.78, 5) is 21.1. The summed E-state index contributed by atoms with van der Waals surface area (Å²) < 4.78 is 26.9. The van der Waals surface area contributed by atoms with Gasteiger partial charge in [0.2, 0.25) is 5.28 Å². The van der Waals surface area contributed by atoms with Gasteiger partial charge in [-0.25, -0.2) is 18.6 Å². The van der Waals surface area contributed by atoms with E-state index in [4.69, 9.17) is 11.6 Å². The molecule has 2 N–H and O–H groups in total. The van der Waals surface area contributed by atoms with Crippen LogP contribution in [0.4, 0.5) is 19.4 Å². The molecule has 0 spiro atoms. The van der Waals surface area contributed by atoms with E-state index in [9.17, 15) is 13.6 Å². The van der Waals surface area contributed by atoms with Crippen LogP contribution in [0, 0.1) is 5.82 Å². The fourth-order valence-electron chi connectivity index (χ4n) is 3.26. The zero-order valence-electron chi connectivity index (χ0n) is 13.1. The summed E-state index contributed by atoms with van der Waals surface area (Å²) >= 11 is 5.69. The first kappa shape index (κ1) is 17.1. The first-order valence-corrected chi connectivity index (χ1v) is 8.53. The van der Waals surface area contributed by atoms with Crippen LogP contribution in [0.15, 0.2) is 6.20 Å². The molecule has 0 aromatic carbocycles. The maximum absolute atomic E-state index is 13.7. The van der Waals surface area contributed by atoms with Crippen molar-refractivity contribution in [2.24, 2.45) is 0 Å². The number of amides is 2. The topological polar surface area (TPSA) is 70.1 Å². The van der Waals surface area contributed by atoms with Crippen molar-refractivity contribution in [3.8, 4) is 0 Å². The minimum Gasteiger partial charge on any atom is -0.365 e. The van der Waals surface area contributed by atoms with Crippen molar-refractivity contribution in [2.45, 2.75) is 50.4 Å². The van der Waals surface area contributed by atoms with Crippen LogP contribution in [0.2, 0.25) is 5.28 Å². The van der Waals surface area contributed by atoms with Crippen LogP contribution >= 0.6 is 11.6 Å². The molecule has 24 heavy (non-hydrogen) atoms. The molecule has 0 radical (unpaired) electrons. The summed E-state index contributed by atoms with van der Waals surface area (Å²) in [5, 5.41) is 5.97. The number of nitrogens with zero attached hydrogens (tertiary/aromatic N) is 3. The maximum atomic E-state index is 13.7. The van der Waals surface area contributed by atoms with Gasteiger partial charge in [0, 0.05) is 18.6 Å².